The zero-order valence-corrected chi connectivity index (χ0v) is 11.2. The second kappa shape index (κ2) is 5.03. The summed E-state index contributed by atoms with van der Waals surface area (Å²) in [5.41, 5.74) is 0.301. The molecule has 0 spiro atoms. The van der Waals surface area contributed by atoms with Gasteiger partial charge >= 0.3 is 0 Å². The first-order valence-electron chi connectivity index (χ1n) is 6.37. The molecule has 2 nitrogen and oxygen atoms in total. The van der Waals surface area contributed by atoms with Gasteiger partial charge in [0.1, 0.15) is 5.76 Å². The van der Waals surface area contributed by atoms with Gasteiger partial charge in [0.15, 0.2) is 5.60 Å². The van der Waals surface area contributed by atoms with Crippen LogP contribution in [-0.4, -0.2) is 11.4 Å². The van der Waals surface area contributed by atoms with E-state index >= 15 is 0 Å². The quantitative estimate of drug-likeness (QED) is 0.663. The van der Waals surface area contributed by atoms with Crippen molar-refractivity contribution in [2.24, 2.45) is 5.92 Å². The van der Waals surface area contributed by atoms with Crippen molar-refractivity contribution >= 4 is 5.78 Å². The third-order valence-corrected chi connectivity index (χ3v) is 3.04. The molecule has 0 saturated carbocycles. The summed E-state index contributed by atoms with van der Waals surface area (Å²) in [6.45, 7) is 10.1. The minimum atomic E-state index is -0.638. The van der Waals surface area contributed by atoms with Crippen LogP contribution in [0.25, 0.3) is 0 Å². The largest absolute Gasteiger partial charge is 0.483 e. The second-order valence-corrected chi connectivity index (χ2v) is 5.40. The molecular weight excluding hydrogens is 200 g/mol. The fraction of sp³-hybridized carbons (Fsp3) is 0.786. The van der Waals surface area contributed by atoms with Gasteiger partial charge in [0.05, 0.1) is 0 Å². The highest BCUT2D eigenvalue weighted by molar-refractivity contribution is 6.03. The Hall–Kier alpha value is -0.790. The molecule has 1 aliphatic rings. The van der Waals surface area contributed by atoms with Gasteiger partial charge in [-0.25, -0.2) is 0 Å². The molecule has 0 aromatic rings. The van der Waals surface area contributed by atoms with E-state index in [1.165, 1.54) is 12.8 Å². The second-order valence-electron chi connectivity index (χ2n) is 5.40. The van der Waals surface area contributed by atoms with Crippen molar-refractivity contribution in [1.82, 2.24) is 0 Å². The number of ether oxygens (including phenoxy) is 1. The van der Waals surface area contributed by atoms with Crippen LogP contribution in [0.3, 0.4) is 0 Å². The fourth-order valence-corrected chi connectivity index (χ4v) is 2.11. The predicted molar refractivity (Wildman–Crippen MR) is 66.2 cm³/mol. The summed E-state index contributed by atoms with van der Waals surface area (Å²) in [5.74, 6) is 1.42. The van der Waals surface area contributed by atoms with E-state index in [0.29, 0.717) is 5.92 Å². The number of ketones is 1. The fourth-order valence-electron chi connectivity index (χ4n) is 2.11. The van der Waals surface area contributed by atoms with Crippen molar-refractivity contribution in [1.29, 1.82) is 0 Å². The van der Waals surface area contributed by atoms with Crippen LogP contribution in [0.5, 0.6) is 0 Å². The molecule has 0 aromatic heterocycles. The van der Waals surface area contributed by atoms with E-state index < -0.39 is 5.60 Å². The Kier molecular flexibility index (Phi) is 4.17. The topological polar surface area (TPSA) is 26.3 Å². The molecule has 1 heterocycles. The third-order valence-electron chi connectivity index (χ3n) is 3.04. The molecule has 0 N–H and O–H groups in total. The molecular formula is C14H24O2. The molecule has 2 heteroatoms. The first-order valence-corrected chi connectivity index (χ1v) is 6.37. The standard InChI is InChI=1S/C14H24O2/c1-6-7-8-9-11-12(10(2)3)16-14(4,5)13(11)15/h10H,6-9H2,1-5H3. The summed E-state index contributed by atoms with van der Waals surface area (Å²) in [4.78, 5) is 12.2. The van der Waals surface area contributed by atoms with Crippen molar-refractivity contribution in [3.8, 4) is 0 Å². The van der Waals surface area contributed by atoms with Crippen LogP contribution >= 0.6 is 0 Å². The molecule has 0 saturated heterocycles. The van der Waals surface area contributed by atoms with Gasteiger partial charge < -0.3 is 4.74 Å². The van der Waals surface area contributed by atoms with Gasteiger partial charge in [-0.1, -0.05) is 33.6 Å². The summed E-state index contributed by atoms with van der Waals surface area (Å²) >= 11 is 0. The first-order chi connectivity index (χ1) is 7.40. The Balaban J connectivity index is 2.81. The van der Waals surface area contributed by atoms with Gasteiger partial charge in [0, 0.05) is 11.5 Å². The Morgan fingerprint density at radius 1 is 1.25 bits per heavy atom. The summed E-state index contributed by atoms with van der Waals surface area (Å²) in [5, 5.41) is 0. The number of carbonyl (C=O) groups excluding carboxylic acids is 1. The third kappa shape index (κ3) is 2.66. The van der Waals surface area contributed by atoms with Gasteiger partial charge in [-0.05, 0) is 26.7 Å². The Morgan fingerprint density at radius 2 is 1.88 bits per heavy atom. The van der Waals surface area contributed by atoms with Crippen LogP contribution in [-0.2, 0) is 9.53 Å². The van der Waals surface area contributed by atoms with Crippen molar-refractivity contribution < 1.29 is 9.53 Å². The molecule has 0 fully saturated rings. The van der Waals surface area contributed by atoms with Crippen LogP contribution < -0.4 is 0 Å². The molecule has 0 aliphatic carbocycles. The normalized spacial score (nSPS) is 19.5. The van der Waals surface area contributed by atoms with Crippen LogP contribution in [0.1, 0.15) is 60.3 Å². The maximum absolute atomic E-state index is 12.2. The van der Waals surface area contributed by atoms with E-state index in [1.807, 2.05) is 13.8 Å². The van der Waals surface area contributed by atoms with Crippen molar-refractivity contribution in [3.63, 3.8) is 0 Å². The molecule has 0 atom stereocenters. The van der Waals surface area contributed by atoms with E-state index in [2.05, 4.69) is 20.8 Å². The van der Waals surface area contributed by atoms with Gasteiger partial charge in [-0.2, -0.15) is 0 Å². The van der Waals surface area contributed by atoms with Gasteiger partial charge in [-0.3, -0.25) is 4.79 Å². The number of allylic oxidation sites excluding steroid dienone is 1. The number of carbonyl (C=O) groups is 1. The maximum Gasteiger partial charge on any atom is 0.205 e. The smallest absolute Gasteiger partial charge is 0.205 e. The highest BCUT2D eigenvalue weighted by Gasteiger charge is 2.41. The van der Waals surface area contributed by atoms with Crippen molar-refractivity contribution in [3.05, 3.63) is 11.3 Å². The number of rotatable bonds is 5. The minimum Gasteiger partial charge on any atom is -0.483 e. The number of Topliss-reactive ketones (excluding diaryl/α,β-unsaturated/α-hetero) is 1. The van der Waals surface area contributed by atoms with Gasteiger partial charge in [0.25, 0.3) is 0 Å². The van der Waals surface area contributed by atoms with Crippen LogP contribution in [0.4, 0.5) is 0 Å². The van der Waals surface area contributed by atoms with Crippen molar-refractivity contribution in [2.75, 3.05) is 0 Å². The number of hydrogen-bond acceptors (Lipinski definition) is 2. The average molecular weight is 224 g/mol. The van der Waals surface area contributed by atoms with Crippen LogP contribution in [0.2, 0.25) is 0 Å². The van der Waals surface area contributed by atoms with E-state index in [4.69, 9.17) is 4.74 Å². The monoisotopic (exact) mass is 224 g/mol. The summed E-state index contributed by atoms with van der Waals surface area (Å²) in [6.07, 6.45) is 4.34. The highest BCUT2D eigenvalue weighted by atomic mass is 16.5. The average Bonchev–Trinajstić information content (AvgIpc) is 2.42. The minimum absolute atomic E-state index is 0.187. The molecule has 1 rings (SSSR count). The first kappa shape index (κ1) is 13.3. The Bertz CT molecular complexity index is 298. The predicted octanol–water partition coefficient (Wildman–Crippen LogP) is 3.85. The number of hydrogen-bond donors (Lipinski definition) is 0. The van der Waals surface area contributed by atoms with Crippen LogP contribution in [0, 0.1) is 5.92 Å². The molecule has 92 valence electrons. The lowest BCUT2D eigenvalue weighted by atomic mass is 9.93. The van der Waals surface area contributed by atoms with Gasteiger partial charge in [-0.15, -0.1) is 0 Å². The molecule has 0 unspecified atom stereocenters. The van der Waals surface area contributed by atoms with E-state index in [0.717, 1.165) is 24.2 Å². The molecule has 0 aromatic carbocycles. The molecule has 16 heavy (non-hydrogen) atoms. The Morgan fingerprint density at radius 3 is 2.38 bits per heavy atom. The molecule has 0 bridgehead atoms. The lowest BCUT2D eigenvalue weighted by Gasteiger charge is -2.19. The zero-order valence-electron chi connectivity index (χ0n) is 11.2. The molecule has 1 aliphatic heterocycles. The molecule has 0 amide bonds. The van der Waals surface area contributed by atoms with Crippen LogP contribution in [0.15, 0.2) is 11.3 Å². The number of unbranched alkanes of at least 4 members (excludes halogenated alkanes) is 2. The lowest BCUT2D eigenvalue weighted by molar-refractivity contribution is -0.128. The van der Waals surface area contributed by atoms with Crippen molar-refractivity contribution in [2.45, 2.75) is 65.9 Å². The van der Waals surface area contributed by atoms with E-state index in [1.54, 1.807) is 0 Å². The Labute approximate surface area is 99.1 Å². The summed E-state index contributed by atoms with van der Waals surface area (Å²) in [7, 11) is 0. The maximum atomic E-state index is 12.2. The van der Waals surface area contributed by atoms with E-state index in [-0.39, 0.29) is 5.78 Å². The molecule has 0 radical (unpaired) electrons. The summed E-state index contributed by atoms with van der Waals surface area (Å²) in [6, 6.07) is 0. The van der Waals surface area contributed by atoms with E-state index in [9.17, 15) is 4.79 Å². The zero-order chi connectivity index (χ0) is 12.3. The highest BCUT2D eigenvalue weighted by Crippen LogP contribution is 2.36. The SMILES string of the molecule is CCCCCC1=C(C(C)C)OC(C)(C)C1=O. The van der Waals surface area contributed by atoms with Gasteiger partial charge in [0.2, 0.25) is 5.78 Å². The lowest BCUT2D eigenvalue weighted by Crippen LogP contribution is -2.29. The summed E-state index contributed by atoms with van der Waals surface area (Å²) < 4.78 is 5.80.